The van der Waals surface area contributed by atoms with Crippen LogP contribution in [0.1, 0.15) is 18.1 Å². The van der Waals surface area contributed by atoms with Gasteiger partial charge in [0.05, 0.1) is 29.1 Å². The molecule has 1 amide bonds. The number of aryl methyl sites for hydroxylation is 1. The molecule has 6 heteroatoms. The number of amides is 1. The molecule has 0 saturated heterocycles. The number of anilines is 1. The Morgan fingerprint density at radius 2 is 2.00 bits per heavy atom. The number of phenols is 1. The summed E-state index contributed by atoms with van der Waals surface area (Å²) < 4.78 is 5.10. The first-order valence-corrected chi connectivity index (χ1v) is 8.03. The minimum Gasteiger partial charge on any atom is -0.504 e. The van der Waals surface area contributed by atoms with Crippen LogP contribution in [0.15, 0.2) is 47.1 Å². The van der Waals surface area contributed by atoms with Gasteiger partial charge in [-0.05, 0) is 49.2 Å². The monoisotopic (exact) mass is 356 g/mol. The van der Waals surface area contributed by atoms with Crippen molar-refractivity contribution in [3.05, 3.63) is 58.1 Å². The topological polar surface area (TPSA) is 62.1 Å². The van der Waals surface area contributed by atoms with Crippen molar-refractivity contribution in [2.75, 3.05) is 12.1 Å². The Morgan fingerprint density at radius 1 is 1.24 bits per heavy atom. The predicted octanol–water partition coefficient (Wildman–Crippen LogP) is 4.17. The van der Waals surface area contributed by atoms with Crippen molar-refractivity contribution >= 4 is 35.0 Å². The van der Waals surface area contributed by atoms with Crippen molar-refractivity contribution in [1.82, 2.24) is 0 Å². The van der Waals surface area contributed by atoms with Gasteiger partial charge in [-0.25, -0.2) is 0 Å². The number of rotatable bonds is 3. The van der Waals surface area contributed by atoms with Crippen LogP contribution in [0.25, 0.3) is 6.08 Å². The summed E-state index contributed by atoms with van der Waals surface area (Å²) in [6.07, 6.45) is 1.65. The normalized spacial score (nSPS) is 15.7. The largest absolute Gasteiger partial charge is 0.504 e. The standard InChI is InChI=1S/C19H17ClN2O3/c1-11-5-4-6-14(7-11)22-19(24)15(12(2)21-22)8-13-9-18(25-3)17(23)10-16(13)20/h4-10,23H,1-3H3. The summed E-state index contributed by atoms with van der Waals surface area (Å²) in [6, 6.07) is 10.5. The lowest BCUT2D eigenvalue weighted by Gasteiger charge is -2.12. The molecule has 3 rings (SSSR count). The molecule has 0 fully saturated rings. The van der Waals surface area contributed by atoms with Crippen LogP contribution in [-0.2, 0) is 4.79 Å². The van der Waals surface area contributed by atoms with Gasteiger partial charge in [-0.3, -0.25) is 4.79 Å². The van der Waals surface area contributed by atoms with Crippen LogP contribution in [0.2, 0.25) is 5.02 Å². The first-order valence-electron chi connectivity index (χ1n) is 7.65. The summed E-state index contributed by atoms with van der Waals surface area (Å²) in [4.78, 5) is 12.8. The SMILES string of the molecule is COc1cc(C=C2C(=O)N(c3cccc(C)c3)N=C2C)c(Cl)cc1O. The van der Waals surface area contributed by atoms with E-state index in [0.29, 0.717) is 27.6 Å². The van der Waals surface area contributed by atoms with Gasteiger partial charge in [0.2, 0.25) is 0 Å². The van der Waals surface area contributed by atoms with Gasteiger partial charge in [0.15, 0.2) is 11.5 Å². The molecule has 0 aromatic heterocycles. The van der Waals surface area contributed by atoms with E-state index in [-0.39, 0.29) is 17.4 Å². The van der Waals surface area contributed by atoms with Crippen LogP contribution in [0.3, 0.4) is 0 Å². The number of hydrogen-bond donors (Lipinski definition) is 1. The Morgan fingerprint density at radius 3 is 2.68 bits per heavy atom. The van der Waals surface area contributed by atoms with Gasteiger partial charge in [0.25, 0.3) is 5.91 Å². The maximum atomic E-state index is 12.8. The molecular weight excluding hydrogens is 340 g/mol. The summed E-state index contributed by atoms with van der Waals surface area (Å²) >= 11 is 6.18. The van der Waals surface area contributed by atoms with Crippen LogP contribution in [0, 0.1) is 6.92 Å². The molecule has 0 saturated carbocycles. The predicted molar refractivity (Wildman–Crippen MR) is 99.4 cm³/mol. The third-order valence-electron chi connectivity index (χ3n) is 3.91. The lowest BCUT2D eigenvalue weighted by atomic mass is 10.1. The van der Waals surface area contributed by atoms with Gasteiger partial charge in [-0.2, -0.15) is 10.1 Å². The fraction of sp³-hybridized carbons (Fsp3) is 0.158. The first kappa shape index (κ1) is 17.0. The number of carbonyl (C=O) groups excluding carboxylic acids is 1. The highest BCUT2D eigenvalue weighted by molar-refractivity contribution is 6.35. The fourth-order valence-corrected chi connectivity index (χ4v) is 2.82. The van der Waals surface area contributed by atoms with E-state index in [2.05, 4.69) is 5.10 Å². The van der Waals surface area contributed by atoms with Gasteiger partial charge < -0.3 is 9.84 Å². The Hall–Kier alpha value is -2.79. The van der Waals surface area contributed by atoms with Crippen LogP contribution < -0.4 is 9.75 Å². The van der Waals surface area contributed by atoms with E-state index >= 15 is 0 Å². The molecule has 0 spiro atoms. The molecular formula is C19H17ClN2O3. The molecule has 2 aromatic carbocycles. The molecule has 0 radical (unpaired) electrons. The van der Waals surface area contributed by atoms with E-state index in [1.165, 1.54) is 18.2 Å². The number of aromatic hydroxyl groups is 1. The second kappa shape index (κ2) is 6.61. The number of nitrogens with zero attached hydrogens (tertiary/aromatic N) is 2. The smallest absolute Gasteiger partial charge is 0.280 e. The molecule has 1 aliphatic rings. The lowest BCUT2D eigenvalue weighted by Crippen LogP contribution is -2.21. The van der Waals surface area contributed by atoms with Crippen molar-refractivity contribution < 1.29 is 14.6 Å². The van der Waals surface area contributed by atoms with Crippen molar-refractivity contribution in [3.63, 3.8) is 0 Å². The van der Waals surface area contributed by atoms with Crippen molar-refractivity contribution in [1.29, 1.82) is 0 Å². The second-order valence-electron chi connectivity index (χ2n) is 5.74. The van der Waals surface area contributed by atoms with Crippen LogP contribution >= 0.6 is 11.6 Å². The average molecular weight is 357 g/mol. The molecule has 0 bridgehead atoms. The lowest BCUT2D eigenvalue weighted by molar-refractivity contribution is -0.114. The highest BCUT2D eigenvalue weighted by Gasteiger charge is 2.29. The number of halogens is 1. The number of hydrazone groups is 1. The highest BCUT2D eigenvalue weighted by atomic mass is 35.5. The fourth-order valence-electron chi connectivity index (χ4n) is 2.61. The third-order valence-corrected chi connectivity index (χ3v) is 4.23. The molecule has 1 N–H and O–H groups in total. The summed E-state index contributed by atoms with van der Waals surface area (Å²) in [5.41, 5.74) is 3.36. The summed E-state index contributed by atoms with van der Waals surface area (Å²) in [7, 11) is 1.45. The maximum absolute atomic E-state index is 12.8. The average Bonchev–Trinajstić information content (AvgIpc) is 2.85. The second-order valence-corrected chi connectivity index (χ2v) is 6.15. The molecule has 25 heavy (non-hydrogen) atoms. The Kier molecular flexibility index (Phi) is 4.51. The molecule has 1 heterocycles. The Balaban J connectivity index is 2.01. The number of benzene rings is 2. The van der Waals surface area contributed by atoms with Crippen molar-refractivity contribution in [2.24, 2.45) is 5.10 Å². The van der Waals surface area contributed by atoms with Gasteiger partial charge in [-0.15, -0.1) is 0 Å². The van der Waals surface area contributed by atoms with Gasteiger partial charge in [0.1, 0.15) is 0 Å². The minimum absolute atomic E-state index is 0.0563. The Labute approximate surface area is 150 Å². The van der Waals surface area contributed by atoms with Crippen molar-refractivity contribution in [2.45, 2.75) is 13.8 Å². The zero-order chi connectivity index (χ0) is 18.1. The zero-order valence-corrected chi connectivity index (χ0v) is 14.8. The van der Waals surface area contributed by atoms with Crippen molar-refractivity contribution in [3.8, 4) is 11.5 Å². The van der Waals surface area contributed by atoms with E-state index in [0.717, 1.165) is 5.56 Å². The summed E-state index contributed by atoms with van der Waals surface area (Å²) in [5, 5.41) is 15.8. The summed E-state index contributed by atoms with van der Waals surface area (Å²) in [6.45, 7) is 3.73. The number of phenolic OH excluding ortho intramolecular Hbond substituents is 1. The molecule has 0 unspecified atom stereocenters. The number of methoxy groups -OCH3 is 1. The molecule has 0 aliphatic carbocycles. The third kappa shape index (κ3) is 3.23. The van der Waals surface area contributed by atoms with Gasteiger partial charge in [-0.1, -0.05) is 23.7 Å². The van der Waals surface area contributed by atoms with Gasteiger partial charge in [0, 0.05) is 6.07 Å². The maximum Gasteiger partial charge on any atom is 0.280 e. The quantitative estimate of drug-likeness (QED) is 0.839. The van der Waals surface area contributed by atoms with E-state index in [9.17, 15) is 9.90 Å². The van der Waals surface area contributed by atoms with E-state index in [4.69, 9.17) is 16.3 Å². The number of carbonyl (C=O) groups is 1. The van der Waals surface area contributed by atoms with Crippen LogP contribution in [0.4, 0.5) is 5.69 Å². The molecule has 0 atom stereocenters. The van der Waals surface area contributed by atoms with E-state index < -0.39 is 0 Å². The first-order chi connectivity index (χ1) is 11.9. The van der Waals surface area contributed by atoms with Crippen LogP contribution in [0.5, 0.6) is 11.5 Å². The highest BCUT2D eigenvalue weighted by Crippen LogP contribution is 2.34. The molecule has 5 nitrogen and oxygen atoms in total. The zero-order valence-electron chi connectivity index (χ0n) is 14.1. The Bertz CT molecular complexity index is 919. The van der Waals surface area contributed by atoms with Gasteiger partial charge >= 0.3 is 0 Å². The number of ether oxygens (including phenoxy) is 1. The molecule has 128 valence electrons. The van der Waals surface area contributed by atoms with E-state index in [1.54, 1.807) is 19.1 Å². The molecule has 1 aliphatic heterocycles. The van der Waals surface area contributed by atoms with E-state index in [1.807, 2.05) is 31.2 Å². The summed E-state index contributed by atoms with van der Waals surface area (Å²) in [5.74, 6) is -0.00258. The molecule has 2 aromatic rings. The number of hydrogen-bond acceptors (Lipinski definition) is 4. The minimum atomic E-state index is -0.230. The van der Waals surface area contributed by atoms with Crippen LogP contribution in [-0.4, -0.2) is 23.8 Å².